The molecule has 2 N–H and O–H groups in total. The number of carbonyl (C=O) groups excluding carboxylic acids is 2. The third-order valence-corrected chi connectivity index (χ3v) is 3.75. The number of nitrogens with one attached hydrogen (secondary N) is 2. The molecule has 0 aliphatic carbocycles. The summed E-state index contributed by atoms with van der Waals surface area (Å²) in [6.45, 7) is 2.66. The predicted molar refractivity (Wildman–Crippen MR) is 70.0 cm³/mol. The van der Waals surface area contributed by atoms with E-state index in [4.69, 9.17) is 0 Å². The van der Waals surface area contributed by atoms with E-state index in [-0.39, 0.29) is 17.9 Å². The predicted octanol–water partition coefficient (Wildman–Crippen LogP) is -0.326. The summed E-state index contributed by atoms with van der Waals surface area (Å²) < 4.78 is 0. The normalized spacial score (nSPS) is 21.7. The average Bonchev–Trinajstić information content (AvgIpc) is 2.28. The molecule has 2 unspecified atom stereocenters. The van der Waals surface area contributed by atoms with Gasteiger partial charge in [0.25, 0.3) is 0 Å². The lowest BCUT2D eigenvalue weighted by Crippen LogP contribution is -2.47. The van der Waals surface area contributed by atoms with Crippen LogP contribution in [-0.4, -0.2) is 60.9 Å². The maximum Gasteiger partial charge on any atom is 0.244 e. The van der Waals surface area contributed by atoms with Crippen molar-refractivity contribution in [2.24, 2.45) is 0 Å². The smallest absolute Gasteiger partial charge is 0.244 e. The monoisotopic (exact) mass is 259 g/mol. The molecule has 1 rings (SSSR count). The number of carbonyl (C=O) groups is 2. The number of thioether (sulfide) groups is 1. The number of nitrogens with zero attached hydrogens (tertiary/aromatic N) is 1. The lowest BCUT2D eigenvalue weighted by Gasteiger charge is -2.24. The maximum atomic E-state index is 11.7. The lowest BCUT2D eigenvalue weighted by atomic mass is 10.2. The summed E-state index contributed by atoms with van der Waals surface area (Å²) in [7, 11) is 3.37. The second-order valence-electron chi connectivity index (χ2n) is 4.45. The molecule has 0 saturated carbocycles. The van der Waals surface area contributed by atoms with Crippen LogP contribution in [-0.2, 0) is 9.59 Å². The first kappa shape index (κ1) is 14.3. The highest BCUT2D eigenvalue weighted by Crippen LogP contribution is 2.10. The SMILES string of the molecule is CC(NC(=O)CC1CSCCN1)C(=O)N(C)C. The number of rotatable bonds is 4. The van der Waals surface area contributed by atoms with Crippen LogP contribution in [0.1, 0.15) is 13.3 Å². The van der Waals surface area contributed by atoms with Crippen LogP contribution in [0, 0.1) is 0 Å². The molecule has 0 radical (unpaired) electrons. The number of hydrogen-bond acceptors (Lipinski definition) is 4. The zero-order valence-electron chi connectivity index (χ0n) is 10.7. The van der Waals surface area contributed by atoms with Gasteiger partial charge in [0, 0.05) is 44.6 Å². The van der Waals surface area contributed by atoms with E-state index in [1.807, 2.05) is 11.8 Å². The zero-order chi connectivity index (χ0) is 12.8. The van der Waals surface area contributed by atoms with E-state index in [2.05, 4.69) is 10.6 Å². The highest BCUT2D eigenvalue weighted by atomic mass is 32.2. The van der Waals surface area contributed by atoms with Crippen LogP contribution in [0.25, 0.3) is 0 Å². The maximum absolute atomic E-state index is 11.7. The fourth-order valence-electron chi connectivity index (χ4n) is 1.72. The van der Waals surface area contributed by atoms with Crippen LogP contribution >= 0.6 is 11.8 Å². The van der Waals surface area contributed by atoms with Crippen LogP contribution in [0.5, 0.6) is 0 Å². The first-order valence-electron chi connectivity index (χ1n) is 5.82. The number of likely N-dealkylation sites (N-methyl/N-ethyl adjacent to an activating group) is 1. The van der Waals surface area contributed by atoms with Gasteiger partial charge >= 0.3 is 0 Å². The van der Waals surface area contributed by atoms with E-state index >= 15 is 0 Å². The van der Waals surface area contributed by atoms with Crippen LogP contribution in [0.2, 0.25) is 0 Å². The molecule has 98 valence electrons. The van der Waals surface area contributed by atoms with Gasteiger partial charge < -0.3 is 15.5 Å². The molecule has 1 aliphatic rings. The molecule has 6 heteroatoms. The molecule has 0 aromatic carbocycles. The third-order valence-electron chi connectivity index (χ3n) is 2.62. The van der Waals surface area contributed by atoms with E-state index in [1.54, 1.807) is 21.0 Å². The van der Waals surface area contributed by atoms with Gasteiger partial charge in [-0.1, -0.05) is 0 Å². The Bertz CT molecular complexity index is 278. The van der Waals surface area contributed by atoms with Crippen molar-refractivity contribution in [2.75, 3.05) is 32.1 Å². The molecule has 1 saturated heterocycles. The van der Waals surface area contributed by atoms with Gasteiger partial charge in [-0.25, -0.2) is 0 Å². The highest BCUT2D eigenvalue weighted by Gasteiger charge is 2.20. The van der Waals surface area contributed by atoms with Gasteiger partial charge in [0.1, 0.15) is 6.04 Å². The molecule has 1 heterocycles. The third kappa shape index (κ3) is 4.95. The quantitative estimate of drug-likeness (QED) is 0.726. The Morgan fingerprint density at radius 2 is 2.24 bits per heavy atom. The topological polar surface area (TPSA) is 61.4 Å². The van der Waals surface area contributed by atoms with E-state index < -0.39 is 6.04 Å². The summed E-state index contributed by atoms with van der Waals surface area (Å²) in [6.07, 6.45) is 0.443. The van der Waals surface area contributed by atoms with Crippen LogP contribution in [0.15, 0.2) is 0 Å². The van der Waals surface area contributed by atoms with Crippen molar-refractivity contribution >= 4 is 23.6 Å². The largest absolute Gasteiger partial charge is 0.347 e. The van der Waals surface area contributed by atoms with Gasteiger partial charge in [-0.05, 0) is 6.92 Å². The molecule has 2 atom stereocenters. The van der Waals surface area contributed by atoms with Crippen LogP contribution < -0.4 is 10.6 Å². The second kappa shape index (κ2) is 6.86. The summed E-state index contributed by atoms with van der Waals surface area (Å²) in [5.41, 5.74) is 0. The van der Waals surface area contributed by atoms with Gasteiger partial charge in [0.05, 0.1) is 0 Å². The Morgan fingerprint density at radius 3 is 2.76 bits per heavy atom. The lowest BCUT2D eigenvalue weighted by molar-refractivity contribution is -0.134. The van der Waals surface area contributed by atoms with Crippen molar-refractivity contribution in [1.29, 1.82) is 0 Å². The minimum atomic E-state index is -0.450. The van der Waals surface area contributed by atoms with Crippen molar-refractivity contribution in [3.05, 3.63) is 0 Å². The Morgan fingerprint density at radius 1 is 1.53 bits per heavy atom. The molecular formula is C11H21N3O2S. The fraction of sp³-hybridized carbons (Fsp3) is 0.818. The average molecular weight is 259 g/mol. The number of hydrogen-bond donors (Lipinski definition) is 2. The van der Waals surface area contributed by atoms with Crippen molar-refractivity contribution in [1.82, 2.24) is 15.5 Å². The summed E-state index contributed by atoms with van der Waals surface area (Å²) in [4.78, 5) is 24.8. The zero-order valence-corrected chi connectivity index (χ0v) is 11.5. The Balaban J connectivity index is 2.30. The van der Waals surface area contributed by atoms with Gasteiger partial charge in [0.15, 0.2) is 0 Å². The van der Waals surface area contributed by atoms with Gasteiger partial charge in [-0.3, -0.25) is 9.59 Å². The van der Waals surface area contributed by atoms with Crippen LogP contribution in [0.3, 0.4) is 0 Å². The molecular weight excluding hydrogens is 238 g/mol. The summed E-state index contributed by atoms with van der Waals surface area (Å²) in [5, 5.41) is 6.03. The summed E-state index contributed by atoms with van der Waals surface area (Å²) in [5.74, 6) is 1.92. The Hall–Kier alpha value is -0.750. The van der Waals surface area contributed by atoms with Crippen LogP contribution in [0.4, 0.5) is 0 Å². The summed E-state index contributed by atoms with van der Waals surface area (Å²) >= 11 is 1.86. The van der Waals surface area contributed by atoms with Crippen molar-refractivity contribution in [3.8, 4) is 0 Å². The van der Waals surface area contributed by atoms with Gasteiger partial charge in [-0.2, -0.15) is 11.8 Å². The standard InChI is InChI=1S/C11H21N3O2S/c1-8(11(16)14(2)3)13-10(15)6-9-7-17-5-4-12-9/h8-9,12H,4-7H2,1-3H3,(H,13,15). The molecule has 1 aliphatic heterocycles. The minimum Gasteiger partial charge on any atom is -0.347 e. The number of amides is 2. The molecule has 0 aromatic heterocycles. The second-order valence-corrected chi connectivity index (χ2v) is 5.60. The minimum absolute atomic E-state index is 0.0623. The van der Waals surface area contributed by atoms with Crippen molar-refractivity contribution in [3.63, 3.8) is 0 Å². The molecule has 0 aromatic rings. The van der Waals surface area contributed by atoms with Gasteiger partial charge in [0.2, 0.25) is 11.8 Å². The van der Waals surface area contributed by atoms with Gasteiger partial charge in [-0.15, -0.1) is 0 Å². The molecule has 17 heavy (non-hydrogen) atoms. The molecule has 2 amide bonds. The van der Waals surface area contributed by atoms with E-state index in [0.29, 0.717) is 6.42 Å². The van der Waals surface area contributed by atoms with Crippen molar-refractivity contribution < 1.29 is 9.59 Å². The van der Waals surface area contributed by atoms with E-state index in [9.17, 15) is 9.59 Å². The summed E-state index contributed by atoms with van der Waals surface area (Å²) in [6, 6.07) is -0.218. The Kier molecular flexibility index (Phi) is 5.77. The molecule has 1 fully saturated rings. The van der Waals surface area contributed by atoms with Crippen molar-refractivity contribution in [2.45, 2.75) is 25.4 Å². The molecule has 5 nitrogen and oxygen atoms in total. The highest BCUT2D eigenvalue weighted by molar-refractivity contribution is 7.99. The molecule has 0 bridgehead atoms. The van der Waals surface area contributed by atoms with E-state index in [1.165, 1.54) is 4.90 Å². The van der Waals surface area contributed by atoms with E-state index in [0.717, 1.165) is 18.1 Å². The fourth-order valence-corrected chi connectivity index (χ4v) is 2.67. The Labute approximate surface area is 107 Å². The first-order chi connectivity index (χ1) is 8.00. The first-order valence-corrected chi connectivity index (χ1v) is 6.98. The molecule has 0 spiro atoms.